The number of nitrogens with zero attached hydrogens (tertiary/aromatic N) is 4. The second kappa shape index (κ2) is 26.3. The number of ether oxygens (including phenoxy) is 1. The van der Waals surface area contributed by atoms with E-state index in [0.717, 1.165) is 52.5 Å². The van der Waals surface area contributed by atoms with E-state index in [1.807, 2.05) is 6.07 Å². The van der Waals surface area contributed by atoms with Gasteiger partial charge in [-0.25, -0.2) is 0 Å². The molecule has 0 spiro atoms. The van der Waals surface area contributed by atoms with Gasteiger partial charge < -0.3 is 34.8 Å². The standard InChI is InChI=1S/C15H39N4Si3.C6H6O.C4H8O.C4H9O.Li.U/c1-20(2,3)16-10-13-19(14-11-17-21(4,5)6)15-12-18-22(7,8)9;7-6-4-2-1-3-5-6;1-2-4-5-3-1;1-4(2,3)5;;/h10-15H2,1-9H3;1-5,7H;1-4H2;1-3H3;;/q-3;;;-1;+1;+4/p-1. The predicted octanol–water partition coefficient (Wildman–Crippen LogP) is 3.62. The van der Waals surface area contributed by atoms with Gasteiger partial charge in [-0.2, -0.15) is 0 Å². The van der Waals surface area contributed by atoms with E-state index in [-0.39, 0.29) is 55.7 Å². The maximum absolute atomic E-state index is 10.3. The summed E-state index contributed by atoms with van der Waals surface area (Å²) in [6.07, 6.45) is 2.56. The van der Waals surface area contributed by atoms with Crippen LogP contribution in [0.25, 0.3) is 14.9 Å². The molecule has 0 aliphatic carbocycles. The summed E-state index contributed by atoms with van der Waals surface area (Å²) < 4.78 is 4.94. The van der Waals surface area contributed by atoms with Crippen molar-refractivity contribution in [2.45, 2.75) is 98.1 Å². The van der Waals surface area contributed by atoms with Gasteiger partial charge in [-0.15, -0.1) is 31.0 Å². The second-order valence-electron chi connectivity index (χ2n) is 13.7. The first-order valence-electron chi connectivity index (χ1n) is 14.5. The van der Waals surface area contributed by atoms with E-state index in [2.05, 4.69) is 63.8 Å². The molecule has 1 aliphatic rings. The summed E-state index contributed by atoms with van der Waals surface area (Å²) in [5.74, 6) is 0.0718. The Bertz CT molecular complexity index is 635. The van der Waals surface area contributed by atoms with Crippen molar-refractivity contribution < 1.29 is 64.9 Å². The summed E-state index contributed by atoms with van der Waals surface area (Å²) >= 11 is 0. The van der Waals surface area contributed by atoms with Crippen LogP contribution in [0, 0.1) is 31.1 Å². The SMILES string of the molecule is C1CCOC1.CC(C)(C)[O-].C[Si](C)(C)[N-]CCN(CC[N-][Si](C)(C)C)CC[N-][Si](C)(C)C.[Li+].[O-]c1ccccc1.[U+4]. The number of para-hydroxylation sites is 1. The van der Waals surface area contributed by atoms with Gasteiger partial charge in [0.1, 0.15) is 0 Å². The Morgan fingerprint density at radius 1 is 0.707 bits per heavy atom. The Labute approximate surface area is 294 Å². The van der Waals surface area contributed by atoms with Crippen LogP contribution in [0.2, 0.25) is 58.9 Å². The molecule has 7 nitrogen and oxygen atoms in total. The van der Waals surface area contributed by atoms with Gasteiger partial charge in [0.25, 0.3) is 0 Å². The average molecular weight is 843 g/mol. The van der Waals surface area contributed by atoms with Crippen LogP contribution in [-0.2, 0) is 4.74 Å². The fourth-order valence-electron chi connectivity index (χ4n) is 2.85. The minimum Gasteiger partial charge on any atom is -0.872 e. The van der Waals surface area contributed by atoms with Crippen LogP contribution >= 0.6 is 0 Å². The number of hydrogen-bond donors (Lipinski definition) is 0. The zero-order chi connectivity index (χ0) is 30.6. The van der Waals surface area contributed by atoms with Gasteiger partial charge in [0, 0.05) is 13.2 Å². The van der Waals surface area contributed by atoms with Crippen molar-refractivity contribution in [2.75, 3.05) is 52.5 Å². The summed E-state index contributed by atoms with van der Waals surface area (Å²) in [5.41, 5.74) is -0.750. The van der Waals surface area contributed by atoms with Crippen molar-refractivity contribution in [3.63, 3.8) is 0 Å². The molecular weight excluding hydrogens is 782 g/mol. The molecule has 0 unspecified atom stereocenters. The van der Waals surface area contributed by atoms with E-state index in [4.69, 9.17) is 19.7 Å². The number of hydrogen-bond acceptors (Lipinski definition) is 4. The summed E-state index contributed by atoms with van der Waals surface area (Å²) in [6.45, 7) is 33.7. The van der Waals surface area contributed by atoms with Crippen molar-refractivity contribution in [1.29, 1.82) is 0 Å². The Balaban J connectivity index is -0.000000289. The van der Waals surface area contributed by atoms with Crippen molar-refractivity contribution in [2.24, 2.45) is 0 Å². The van der Waals surface area contributed by atoms with E-state index in [9.17, 15) is 10.2 Å². The topological polar surface area (TPSA) is 101 Å². The smallest absolute Gasteiger partial charge is 0.872 e. The molecule has 0 radical (unpaired) electrons. The van der Waals surface area contributed by atoms with E-state index in [1.165, 1.54) is 25.0 Å². The predicted molar refractivity (Wildman–Crippen MR) is 177 cm³/mol. The molecule has 0 aromatic heterocycles. The quantitative estimate of drug-likeness (QED) is 0.301. The molecule has 1 aliphatic heterocycles. The van der Waals surface area contributed by atoms with Crippen molar-refractivity contribution in [3.8, 4) is 5.75 Å². The Kier molecular flexibility index (Phi) is 31.4. The zero-order valence-electron chi connectivity index (χ0n) is 29.0. The van der Waals surface area contributed by atoms with Gasteiger partial charge >= 0.3 is 50.0 Å². The van der Waals surface area contributed by atoms with Crippen LogP contribution in [-0.4, -0.2) is 87.7 Å². The fourth-order valence-corrected chi connectivity index (χ4v) is 5.16. The molecule has 0 atom stereocenters. The Morgan fingerprint density at radius 3 is 1.17 bits per heavy atom. The zero-order valence-corrected chi connectivity index (χ0v) is 36.1. The largest absolute Gasteiger partial charge is 4.00 e. The maximum Gasteiger partial charge on any atom is 4.00 e. The van der Waals surface area contributed by atoms with E-state index in [1.54, 1.807) is 32.9 Å². The van der Waals surface area contributed by atoms with Crippen LogP contribution in [0.3, 0.4) is 0 Å². The third-order valence-electron chi connectivity index (χ3n) is 4.58. The number of benzene rings is 1. The van der Waals surface area contributed by atoms with Gasteiger partial charge in [-0.3, -0.25) is 0 Å². The van der Waals surface area contributed by atoms with E-state index in [0.29, 0.717) is 0 Å². The van der Waals surface area contributed by atoms with E-state index >= 15 is 0 Å². The van der Waals surface area contributed by atoms with Gasteiger partial charge in [0.15, 0.2) is 0 Å². The first-order valence-corrected chi connectivity index (χ1v) is 24.8. The van der Waals surface area contributed by atoms with Crippen molar-refractivity contribution >= 4 is 24.7 Å². The van der Waals surface area contributed by atoms with Gasteiger partial charge in [-0.05, 0) is 32.5 Å². The normalized spacial score (nSPS) is 13.3. The summed E-state index contributed by atoms with van der Waals surface area (Å²) in [5, 5.41) is 20.4. The van der Waals surface area contributed by atoms with Gasteiger partial charge in [-0.1, -0.05) is 135 Å². The molecule has 232 valence electrons. The molecular formula is C29H61LiN4O3Si3U. The van der Waals surface area contributed by atoms with E-state index < -0.39 is 30.3 Å². The molecule has 0 amide bonds. The minimum atomic E-state index is -1.28. The number of rotatable bonds is 12. The molecule has 1 heterocycles. The molecule has 0 N–H and O–H groups in total. The van der Waals surface area contributed by atoms with Gasteiger partial charge in [0.05, 0.1) is 0 Å². The van der Waals surface area contributed by atoms with Crippen molar-refractivity contribution in [1.82, 2.24) is 4.90 Å². The van der Waals surface area contributed by atoms with Crippen LogP contribution in [0.5, 0.6) is 5.75 Å². The Morgan fingerprint density at radius 2 is 1.00 bits per heavy atom. The summed E-state index contributed by atoms with van der Waals surface area (Å²) in [7, 11) is -3.84. The first kappa shape index (κ1) is 49.0. The van der Waals surface area contributed by atoms with Crippen LogP contribution in [0.1, 0.15) is 33.6 Å². The van der Waals surface area contributed by atoms with Crippen LogP contribution in [0.4, 0.5) is 0 Å². The Hall–Kier alpha value is 1.08. The summed E-state index contributed by atoms with van der Waals surface area (Å²) in [4.78, 5) is 17.1. The maximum atomic E-state index is 10.3. The molecule has 1 aromatic rings. The van der Waals surface area contributed by atoms with Crippen LogP contribution < -0.4 is 29.1 Å². The summed E-state index contributed by atoms with van der Waals surface area (Å²) in [6, 6.07) is 8.33. The second-order valence-corrected chi connectivity index (χ2v) is 27.7. The average Bonchev–Trinajstić information content (AvgIpc) is 3.31. The monoisotopic (exact) mass is 842 g/mol. The molecule has 41 heavy (non-hydrogen) atoms. The third kappa shape index (κ3) is 51.0. The molecule has 2 rings (SSSR count). The first-order chi connectivity index (χ1) is 17.7. The molecule has 1 saturated heterocycles. The fraction of sp³-hybridized carbons (Fsp3) is 0.793. The molecule has 12 heteroatoms. The molecule has 1 aromatic carbocycles. The molecule has 0 bridgehead atoms. The van der Waals surface area contributed by atoms with Crippen LogP contribution in [0.15, 0.2) is 30.3 Å². The third-order valence-corrected chi connectivity index (χ3v) is 8.09. The molecule has 0 saturated carbocycles. The minimum absolute atomic E-state index is 0. The van der Waals surface area contributed by atoms with Crippen molar-refractivity contribution in [3.05, 3.63) is 45.3 Å². The van der Waals surface area contributed by atoms with Gasteiger partial charge in [0.2, 0.25) is 0 Å². The molecule has 1 fully saturated rings.